The van der Waals surface area contributed by atoms with Crippen LogP contribution < -0.4 is 4.90 Å². The first kappa shape index (κ1) is 14.3. The van der Waals surface area contributed by atoms with E-state index in [2.05, 4.69) is 0 Å². The van der Waals surface area contributed by atoms with Gasteiger partial charge in [-0.15, -0.1) is 0 Å². The molecule has 0 spiro atoms. The van der Waals surface area contributed by atoms with Gasteiger partial charge in [-0.1, -0.05) is 23.7 Å². The van der Waals surface area contributed by atoms with Crippen LogP contribution in [0.4, 0.5) is 5.69 Å². The second kappa shape index (κ2) is 5.09. The minimum atomic E-state index is -1.30. The molecule has 2 rings (SSSR count). The summed E-state index contributed by atoms with van der Waals surface area (Å²) in [6, 6.07) is 4.16. The Hall–Kier alpha value is -1.14. The highest BCUT2D eigenvalue weighted by molar-refractivity contribution is 6.34. The van der Waals surface area contributed by atoms with E-state index in [1.165, 1.54) is 19.1 Å². The minimum absolute atomic E-state index is 0.111. The molecule has 0 saturated heterocycles. The molecule has 6 heteroatoms. The van der Waals surface area contributed by atoms with E-state index < -0.39 is 6.03 Å². The van der Waals surface area contributed by atoms with E-state index >= 15 is 0 Å². The molecular formula is C13H17ClN2O3. The van der Waals surface area contributed by atoms with Crippen molar-refractivity contribution in [3.8, 4) is 0 Å². The van der Waals surface area contributed by atoms with Crippen molar-refractivity contribution in [1.29, 1.82) is 0 Å². The van der Waals surface area contributed by atoms with Crippen molar-refractivity contribution in [2.24, 2.45) is 0 Å². The van der Waals surface area contributed by atoms with Gasteiger partial charge in [0.05, 0.1) is 17.1 Å². The average molecular weight is 285 g/mol. The maximum atomic E-state index is 12.3. The molecule has 1 aromatic rings. The molecule has 1 aliphatic rings. The lowest BCUT2D eigenvalue weighted by molar-refractivity contribution is -0.279. The third-order valence-corrected chi connectivity index (χ3v) is 3.57. The monoisotopic (exact) mass is 284 g/mol. The molecule has 5 nitrogen and oxygen atoms in total. The molecule has 0 aromatic heterocycles. The maximum absolute atomic E-state index is 12.3. The SMILES string of the molecule is COC(OC)(N(C)C)N1C(=O)Cc2cccc(Cl)c21. The fourth-order valence-corrected chi connectivity index (χ4v) is 2.73. The Balaban J connectivity index is 2.60. The number of halogens is 1. The third-order valence-electron chi connectivity index (χ3n) is 3.26. The smallest absolute Gasteiger partial charge is 0.323 e. The van der Waals surface area contributed by atoms with Crippen LogP contribution in [0.3, 0.4) is 0 Å². The summed E-state index contributed by atoms with van der Waals surface area (Å²) in [4.78, 5) is 15.5. The van der Waals surface area contributed by atoms with Gasteiger partial charge in [0, 0.05) is 14.2 Å². The Bertz CT molecular complexity index is 501. The Kier molecular flexibility index (Phi) is 3.82. The molecule has 1 aliphatic heterocycles. The number of methoxy groups -OCH3 is 2. The van der Waals surface area contributed by atoms with Gasteiger partial charge in [0.1, 0.15) is 0 Å². The number of fused-ring (bicyclic) bond motifs is 1. The van der Waals surface area contributed by atoms with Gasteiger partial charge in [0.15, 0.2) is 0 Å². The standard InChI is InChI=1S/C13H17ClN2O3/c1-15(2)13(18-3,19-4)16-11(17)8-9-6-5-7-10(14)12(9)16/h5-7H,8H2,1-4H3. The quantitative estimate of drug-likeness (QED) is 0.789. The Morgan fingerprint density at radius 2 is 1.95 bits per heavy atom. The van der Waals surface area contributed by atoms with E-state index in [4.69, 9.17) is 21.1 Å². The molecule has 0 saturated carbocycles. The van der Waals surface area contributed by atoms with Crippen molar-refractivity contribution in [2.45, 2.75) is 12.5 Å². The zero-order valence-electron chi connectivity index (χ0n) is 11.4. The van der Waals surface area contributed by atoms with E-state index in [1.807, 2.05) is 12.1 Å². The average Bonchev–Trinajstić information content (AvgIpc) is 2.70. The van der Waals surface area contributed by atoms with Crippen LogP contribution in [-0.2, 0) is 20.7 Å². The van der Waals surface area contributed by atoms with Crippen molar-refractivity contribution in [3.05, 3.63) is 28.8 Å². The van der Waals surface area contributed by atoms with Crippen molar-refractivity contribution >= 4 is 23.2 Å². The van der Waals surface area contributed by atoms with Gasteiger partial charge in [-0.05, 0) is 25.7 Å². The number of carbonyl (C=O) groups is 1. The molecule has 0 aliphatic carbocycles. The highest BCUT2D eigenvalue weighted by atomic mass is 35.5. The van der Waals surface area contributed by atoms with Crippen molar-refractivity contribution in [3.63, 3.8) is 0 Å². The van der Waals surface area contributed by atoms with E-state index in [1.54, 1.807) is 25.1 Å². The summed E-state index contributed by atoms with van der Waals surface area (Å²) in [6.45, 7) is 0. The van der Waals surface area contributed by atoms with Crippen LogP contribution >= 0.6 is 11.6 Å². The number of para-hydroxylation sites is 1. The molecule has 1 aromatic carbocycles. The van der Waals surface area contributed by atoms with Crippen LogP contribution in [-0.4, -0.2) is 45.2 Å². The molecule has 0 N–H and O–H groups in total. The van der Waals surface area contributed by atoms with E-state index in [0.29, 0.717) is 10.7 Å². The molecular weight excluding hydrogens is 268 g/mol. The van der Waals surface area contributed by atoms with Gasteiger partial charge in [-0.2, -0.15) is 0 Å². The number of anilines is 1. The number of amides is 1. The lowest BCUT2D eigenvalue weighted by Gasteiger charge is -2.43. The summed E-state index contributed by atoms with van der Waals surface area (Å²) in [6.07, 6.45) is 0.290. The Morgan fingerprint density at radius 3 is 2.47 bits per heavy atom. The second-order valence-corrected chi connectivity index (χ2v) is 4.91. The molecule has 0 radical (unpaired) electrons. The van der Waals surface area contributed by atoms with E-state index in [9.17, 15) is 4.79 Å². The Labute approximate surface area is 117 Å². The molecule has 0 unspecified atom stereocenters. The van der Waals surface area contributed by atoms with E-state index in [-0.39, 0.29) is 12.3 Å². The third kappa shape index (κ3) is 2.03. The molecule has 0 atom stereocenters. The lowest BCUT2D eigenvalue weighted by atomic mass is 10.2. The van der Waals surface area contributed by atoms with Crippen LogP contribution in [0.5, 0.6) is 0 Å². The predicted molar refractivity (Wildman–Crippen MR) is 73.1 cm³/mol. The van der Waals surface area contributed by atoms with Crippen LogP contribution in [0.2, 0.25) is 5.02 Å². The predicted octanol–water partition coefficient (Wildman–Crippen LogP) is 1.69. The Morgan fingerprint density at radius 1 is 1.32 bits per heavy atom. The normalized spacial score (nSPS) is 15.3. The molecule has 104 valence electrons. The summed E-state index contributed by atoms with van der Waals surface area (Å²) in [7, 11) is 6.53. The number of nitrogens with zero attached hydrogens (tertiary/aromatic N) is 2. The lowest BCUT2D eigenvalue weighted by Crippen LogP contribution is -2.62. The summed E-state index contributed by atoms with van der Waals surface area (Å²) in [5.41, 5.74) is 1.52. The zero-order valence-corrected chi connectivity index (χ0v) is 12.2. The first-order valence-corrected chi connectivity index (χ1v) is 6.24. The minimum Gasteiger partial charge on any atom is -0.323 e. The molecule has 0 bridgehead atoms. The first-order valence-electron chi connectivity index (χ1n) is 5.86. The van der Waals surface area contributed by atoms with Crippen molar-refractivity contribution in [2.75, 3.05) is 33.2 Å². The maximum Gasteiger partial charge on any atom is 0.325 e. The van der Waals surface area contributed by atoms with Gasteiger partial charge >= 0.3 is 6.03 Å². The van der Waals surface area contributed by atoms with Gasteiger partial charge in [0.2, 0.25) is 5.91 Å². The number of ether oxygens (including phenoxy) is 2. The van der Waals surface area contributed by atoms with Gasteiger partial charge in [0.25, 0.3) is 0 Å². The topological polar surface area (TPSA) is 42.0 Å². The highest BCUT2D eigenvalue weighted by Crippen LogP contribution is 2.41. The largest absolute Gasteiger partial charge is 0.325 e. The van der Waals surface area contributed by atoms with Crippen LogP contribution in [0.15, 0.2) is 18.2 Å². The fourth-order valence-electron chi connectivity index (χ4n) is 2.45. The summed E-state index contributed by atoms with van der Waals surface area (Å²) in [5.74, 6) is -0.111. The van der Waals surface area contributed by atoms with Crippen molar-refractivity contribution < 1.29 is 14.3 Å². The summed E-state index contributed by atoms with van der Waals surface area (Å²) >= 11 is 6.23. The number of hydrogen-bond donors (Lipinski definition) is 0. The number of benzene rings is 1. The summed E-state index contributed by atoms with van der Waals surface area (Å²) < 4.78 is 10.9. The molecule has 19 heavy (non-hydrogen) atoms. The molecule has 0 fully saturated rings. The van der Waals surface area contributed by atoms with Crippen LogP contribution in [0.1, 0.15) is 5.56 Å². The first-order chi connectivity index (χ1) is 8.97. The van der Waals surface area contributed by atoms with Gasteiger partial charge < -0.3 is 9.47 Å². The molecule has 1 amide bonds. The zero-order chi connectivity index (χ0) is 14.2. The van der Waals surface area contributed by atoms with Crippen molar-refractivity contribution in [1.82, 2.24) is 4.90 Å². The summed E-state index contributed by atoms with van der Waals surface area (Å²) in [5, 5.41) is 0.503. The van der Waals surface area contributed by atoms with Crippen LogP contribution in [0, 0.1) is 0 Å². The number of rotatable bonds is 4. The van der Waals surface area contributed by atoms with Gasteiger partial charge in [-0.3, -0.25) is 4.79 Å². The fraction of sp³-hybridized carbons (Fsp3) is 0.462. The molecule has 1 heterocycles. The number of carbonyl (C=O) groups excluding carboxylic acids is 1. The van der Waals surface area contributed by atoms with E-state index in [0.717, 1.165) is 5.56 Å². The van der Waals surface area contributed by atoms with Crippen LogP contribution in [0.25, 0.3) is 0 Å². The highest BCUT2D eigenvalue weighted by Gasteiger charge is 2.48. The van der Waals surface area contributed by atoms with Gasteiger partial charge in [-0.25, -0.2) is 9.80 Å². The number of hydrogen-bond acceptors (Lipinski definition) is 4. The second-order valence-electron chi connectivity index (χ2n) is 4.50.